The maximum Gasteiger partial charge on any atom is 0.297 e. The molecule has 14 heavy (non-hydrogen) atoms. The van der Waals surface area contributed by atoms with Crippen LogP contribution >= 0.6 is 10.7 Å². The molecule has 0 aliphatic rings. The van der Waals surface area contributed by atoms with Gasteiger partial charge in [-0.3, -0.25) is 0 Å². The Labute approximate surface area is 85.3 Å². The second-order valence-electron chi connectivity index (χ2n) is 2.17. The number of hydrogen-bond donors (Lipinski definition) is 0. The van der Waals surface area contributed by atoms with Crippen molar-refractivity contribution in [3.05, 3.63) is 6.07 Å². The van der Waals surface area contributed by atoms with Gasteiger partial charge in [-0.15, -0.1) is 0 Å². The van der Waals surface area contributed by atoms with Gasteiger partial charge in [0.15, 0.2) is 0 Å². The Hall–Kier alpha value is -1.08. The first-order chi connectivity index (χ1) is 6.47. The van der Waals surface area contributed by atoms with Crippen LogP contribution in [0.1, 0.15) is 0 Å². The average Bonchev–Trinajstić information content (AvgIpc) is 2.15. The van der Waals surface area contributed by atoms with Crippen LogP contribution in [0, 0.1) is 0 Å². The van der Waals surface area contributed by atoms with E-state index in [-0.39, 0.29) is 11.8 Å². The Bertz CT molecular complexity index is 411. The van der Waals surface area contributed by atoms with E-state index >= 15 is 0 Å². The van der Waals surface area contributed by atoms with Crippen LogP contribution in [0.5, 0.6) is 11.8 Å². The zero-order chi connectivity index (χ0) is 10.8. The van der Waals surface area contributed by atoms with Crippen molar-refractivity contribution in [2.45, 2.75) is 5.16 Å². The van der Waals surface area contributed by atoms with Gasteiger partial charge in [-0.25, -0.2) is 8.42 Å². The number of methoxy groups -OCH3 is 2. The molecule has 1 aromatic heterocycles. The van der Waals surface area contributed by atoms with Crippen molar-refractivity contribution in [2.24, 2.45) is 0 Å². The summed E-state index contributed by atoms with van der Waals surface area (Å²) in [5.74, 6) is 0.132. The van der Waals surface area contributed by atoms with Crippen LogP contribution in [0.25, 0.3) is 0 Å². The van der Waals surface area contributed by atoms with Crippen LogP contribution in [-0.4, -0.2) is 32.6 Å². The van der Waals surface area contributed by atoms with E-state index in [1.807, 2.05) is 0 Å². The van der Waals surface area contributed by atoms with Crippen molar-refractivity contribution < 1.29 is 17.9 Å². The zero-order valence-corrected chi connectivity index (χ0v) is 8.96. The molecular weight excluding hydrogens is 232 g/mol. The molecule has 0 atom stereocenters. The Morgan fingerprint density at radius 2 is 1.64 bits per heavy atom. The third-order valence-corrected chi connectivity index (χ3v) is 2.33. The first-order valence-corrected chi connectivity index (χ1v) is 5.70. The molecule has 0 aromatic carbocycles. The summed E-state index contributed by atoms with van der Waals surface area (Å²) in [6.07, 6.45) is 0. The van der Waals surface area contributed by atoms with Gasteiger partial charge in [0, 0.05) is 10.7 Å². The van der Waals surface area contributed by atoms with E-state index in [9.17, 15) is 8.42 Å². The number of rotatable bonds is 3. The van der Waals surface area contributed by atoms with Crippen LogP contribution in [0.15, 0.2) is 11.2 Å². The molecular formula is C6H7ClN2O4S. The van der Waals surface area contributed by atoms with Gasteiger partial charge in [-0.2, -0.15) is 9.97 Å². The van der Waals surface area contributed by atoms with Crippen LogP contribution in [0.4, 0.5) is 0 Å². The Morgan fingerprint density at radius 3 is 1.93 bits per heavy atom. The predicted molar refractivity (Wildman–Crippen MR) is 48.2 cm³/mol. The lowest BCUT2D eigenvalue weighted by Gasteiger charge is -2.03. The fraction of sp³-hybridized carbons (Fsp3) is 0.333. The molecule has 6 nitrogen and oxygen atoms in total. The average molecular weight is 239 g/mol. The van der Waals surface area contributed by atoms with Crippen molar-refractivity contribution in [3.63, 3.8) is 0 Å². The predicted octanol–water partition coefficient (Wildman–Crippen LogP) is 0.421. The number of ether oxygens (including phenoxy) is 2. The Kier molecular flexibility index (Phi) is 3.12. The minimum Gasteiger partial charge on any atom is -0.481 e. The molecule has 1 rings (SSSR count). The molecule has 1 heterocycles. The number of hydrogen-bond acceptors (Lipinski definition) is 6. The van der Waals surface area contributed by atoms with E-state index in [1.54, 1.807) is 0 Å². The fourth-order valence-corrected chi connectivity index (χ4v) is 1.31. The summed E-state index contributed by atoms with van der Waals surface area (Å²) in [4.78, 5) is 7.08. The lowest BCUT2D eigenvalue weighted by Crippen LogP contribution is -2.02. The highest BCUT2D eigenvalue weighted by Crippen LogP contribution is 2.19. The summed E-state index contributed by atoms with van der Waals surface area (Å²) in [6.45, 7) is 0. The highest BCUT2D eigenvalue weighted by atomic mass is 35.7. The van der Waals surface area contributed by atoms with Gasteiger partial charge < -0.3 is 9.47 Å². The summed E-state index contributed by atoms with van der Waals surface area (Å²) in [6, 6.07) is 1.34. The van der Waals surface area contributed by atoms with Gasteiger partial charge in [0.05, 0.1) is 20.3 Å². The lowest BCUT2D eigenvalue weighted by molar-refractivity contribution is 0.363. The molecule has 0 saturated carbocycles. The fourth-order valence-electron chi connectivity index (χ4n) is 0.702. The number of halogens is 1. The monoisotopic (exact) mass is 238 g/mol. The maximum atomic E-state index is 10.9. The number of nitrogens with zero attached hydrogens (tertiary/aromatic N) is 2. The Morgan fingerprint density at radius 1 is 1.21 bits per heavy atom. The standard InChI is InChI=1S/C6H7ClN2O4S/c1-12-4-3-5(13-2)9-6(8-4)14(7,10)11/h3H,1-2H3. The van der Waals surface area contributed by atoms with Gasteiger partial charge in [-0.05, 0) is 0 Å². The van der Waals surface area contributed by atoms with E-state index in [2.05, 4.69) is 9.97 Å². The molecule has 0 spiro atoms. The topological polar surface area (TPSA) is 78.4 Å². The van der Waals surface area contributed by atoms with Gasteiger partial charge in [-0.1, -0.05) is 0 Å². The third kappa shape index (κ3) is 2.46. The maximum absolute atomic E-state index is 10.9. The molecule has 0 N–H and O–H groups in total. The first kappa shape index (κ1) is 11.0. The zero-order valence-electron chi connectivity index (χ0n) is 7.39. The second kappa shape index (κ2) is 3.97. The largest absolute Gasteiger partial charge is 0.481 e. The lowest BCUT2D eigenvalue weighted by atomic mass is 10.6. The summed E-state index contributed by atoms with van der Waals surface area (Å²) < 4.78 is 31.3. The molecule has 0 aliphatic heterocycles. The minimum absolute atomic E-state index is 0.0658. The van der Waals surface area contributed by atoms with Crippen LogP contribution in [-0.2, 0) is 9.05 Å². The van der Waals surface area contributed by atoms with Gasteiger partial charge in [0.2, 0.25) is 11.8 Å². The van der Waals surface area contributed by atoms with Crippen LogP contribution in [0.2, 0.25) is 0 Å². The van der Waals surface area contributed by atoms with Crippen LogP contribution < -0.4 is 9.47 Å². The first-order valence-electron chi connectivity index (χ1n) is 3.39. The van der Waals surface area contributed by atoms with Crippen molar-refractivity contribution in [3.8, 4) is 11.8 Å². The smallest absolute Gasteiger partial charge is 0.297 e. The highest BCUT2D eigenvalue weighted by molar-refractivity contribution is 8.13. The van der Waals surface area contributed by atoms with Gasteiger partial charge >= 0.3 is 0 Å². The van der Waals surface area contributed by atoms with Gasteiger partial charge in [0.1, 0.15) is 0 Å². The summed E-state index contributed by atoms with van der Waals surface area (Å²) in [5.41, 5.74) is 0. The Balaban J connectivity index is 3.32. The molecule has 0 saturated heterocycles. The van der Waals surface area contributed by atoms with E-state index in [0.717, 1.165) is 0 Å². The van der Waals surface area contributed by atoms with Crippen molar-refractivity contribution >= 4 is 19.7 Å². The second-order valence-corrected chi connectivity index (χ2v) is 4.63. The van der Waals surface area contributed by atoms with E-state index in [0.29, 0.717) is 0 Å². The summed E-state index contributed by atoms with van der Waals surface area (Å²) in [7, 11) is 3.75. The summed E-state index contributed by atoms with van der Waals surface area (Å²) in [5, 5.41) is -0.546. The molecule has 0 bridgehead atoms. The molecule has 8 heteroatoms. The van der Waals surface area contributed by atoms with E-state index in [4.69, 9.17) is 20.2 Å². The summed E-state index contributed by atoms with van der Waals surface area (Å²) >= 11 is 0. The van der Waals surface area contributed by atoms with Crippen molar-refractivity contribution in [1.82, 2.24) is 9.97 Å². The molecule has 1 aromatic rings. The highest BCUT2D eigenvalue weighted by Gasteiger charge is 2.17. The quantitative estimate of drug-likeness (QED) is 0.561. The molecule has 0 radical (unpaired) electrons. The van der Waals surface area contributed by atoms with E-state index < -0.39 is 14.2 Å². The number of aromatic nitrogens is 2. The molecule has 0 fully saturated rings. The molecule has 78 valence electrons. The van der Waals surface area contributed by atoms with Crippen molar-refractivity contribution in [2.75, 3.05) is 14.2 Å². The van der Waals surface area contributed by atoms with E-state index in [1.165, 1.54) is 20.3 Å². The normalized spacial score (nSPS) is 11.1. The SMILES string of the molecule is COc1cc(OC)nc(S(=O)(=O)Cl)n1. The van der Waals surface area contributed by atoms with Gasteiger partial charge in [0.25, 0.3) is 14.2 Å². The minimum atomic E-state index is -3.98. The third-order valence-electron chi connectivity index (χ3n) is 1.29. The molecule has 0 aliphatic carbocycles. The molecule has 0 unspecified atom stereocenters. The van der Waals surface area contributed by atoms with Crippen molar-refractivity contribution in [1.29, 1.82) is 0 Å². The van der Waals surface area contributed by atoms with Crippen LogP contribution in [0.3, 0.4) is 0 Å². The molecule has 0 amide bonds.